The molecule has 0 heterocycles. The van der Waals surface area contributed by atoms with Gasteiger partial charge in [-0.1, -0.05) is 13.8 Å². The minimum absolute atomic E-state index is 0.612. The van der Waals surface area contributed by atoms with Crippen molar-refractivity contribution in [2.45, 2.75) is 39.5 Å². The molecule has 0 aromatic carbocycles. The first-order chi connectivity index (χ1) is 5.08. The van der Waals surface area contributed by atoms with Crippen molar-refractivity contribution in [2.24, 2.45) is 16.7 Å². The quantitative estimate of drug-likeness (QED) is 0.532. The molecule has 2 rings (SSSR count). The highest BCUT2D eigenvalue weighted by Crippen LogP contribution is 2.67. The second-order valence-corrected chi connectivity index (χ2v) is 5.57. The van der Waals surface area contributed by atoms with E-state index in [-0.39, 0.29) is 0 Å². The van der Waals surface area contributed by atoms with Gasteiger partial charge in [-0.2, -0.15) is 0 Å². The highest BCUT2D eigenvalue weighted by Gasteiger charge is 2.58. The maximum Gasteiger partial charge on any atom is 0.0257 e. The van der Waals surface area contributed by atoms with Crippen molar-refractivity contribution in [1.82, 2.24) is 0 Å². The smallest absolute Gasteiger partial charge is 0.0257 e. The van der Waals surface area contributed by atoms with E-state index in [0.717, 1.165) is 11.8 Å². The Balaban J connectivity index is 2.01. The molecule has 2 unspecified atom stereocenters. The maximum absolute atomic E-state index is 5.86. The standard InChI is InChI=1S/C10H17Cl/c1-9(2)3-4-10(7-9)5-8(10)6-11/h8H,3-7H2,1-2H3. The average molecular weight is 173 g/mol. The highest BCUT2D eigenvalue weighted by atomic mass is 35.5. The van der Waals surface area contributed by atoms with Gasteiger partial charge in [0.1, 0.15) is 0 Å². The summed E-state index contributed by atoms with van der Waals surface area (Å²) in [5.41, 5.74) is 1.33. The van der Waals surface area contributed by atoms with Crippen LogP contribution in [0.1, 0.15) is 39.5 Å². The van der Waals surface area contributed by atoms with E-state index in [9.17, 15) is 0 Å². The van der Waals surface area contributed by atoms with Crippen LogP contribution in [0, 0.1) is 16.7 Å². The van der Waals surface area contributed by atoms with Gasteiger partial charge in [0.15, 0.2) is 0 Å². The molecule has 11 heavy (non-hydrogen) atoms. The Morgan fingerprint density at radius 1 is 1.36 bits per heavy atom. The molecule has 0 amide bonds. The molecule has 2 saturated carbocycles. The fraction of sp³-hybridized carbons (Fsp3) is 1.00. The maximum atomic E-state index is 5.86. The van der Waals surface area contributed by atoms with Crippen LogP contribution in [0.5, 0.6) is 0 Å². The topological polar surface area (TPSA) is 0 Å². The third kappa shape index (κ3) is 1.20. The van der Waals surface area contributed by atoms with Gasteiger partial charge in [0.25, 0.3) is 0 Å². The largest absolute Gasteiger partial charge is 0.126 e. The van der Waals surface area contributed by atoms with Gasteiger partial charge in [0.05, 0.1) is 0 Å². The van der Waals surface area contributed by atoms with Crippen molar-refractivity contribution in [3.8, 4) is 0 Å². The molecule has 2 atom stereocenters. The lowest BCUT2D eigenvalue weighted by Gasteiger charge is -2.16. The van der Waals surface area contributed by atoms with Crippen molar-refractivity contribution >= 4 is 11.6 Å². The molecule has 0 radical (unpaired) electrons. The fourth-order valence-electron chi connectivity index (χ4n) is 2.89. The summed E-state index contributed by atoms with van der Waals surface area (Å²) in [6.45, 7) is 4.79. The highest BCUT2D eigenvalue weighted by molar-refractivity contribution is 6.18. The predicted octanol–water partition coefficient (Wildman–Crippen LogP) is 3.44. The zero-order chi connectivity index (χ0) is 8.11. The van der Waals surface area contributed by atoms with Crippen LogP contribution in [0.3, 0.4) is 0 Å². The van der Waals surface area contributed by atoms with Gasteiger partial charge in [-0.15, -0.1) is 11.6 Å². The van der Waals surface area contributed by atoms with Gasteiger partial charge in [-0.05, 0) is 42.4 Å². The molecule has 0 aliphatic heterocycles. The van der Waals surface area contributed by atoms with Gasteiger partial charge in [0, 0.05) is 5.88 Å². The van der Waals surface area contributed by atoms with E-state index in [4.69, 9.17) is 11.6 Å². The van der Waals surface area contributed by atoms with Crippen LogP contribution in [-0.4, -0.2) is 5.88 Å². The third-order valence-corrected chi connectivity index (χ3v) is 4.05. The first-order valence-electron chi connectivity index (χ1n) is 4.64. The SMILES string of the molecule is CC1(C)CCC2(CC2CCl)C1. The van der Waals surface area contributed by atoms with Crippen LogP contribution < -0.4 is 0 Å². The molecule has 64 valence electrons. The Hall–Kier alpha value is 0.290. The lowest BCUT2D eigenvalue weighted by molar-refractivity contribution is 0.345. The number of hydrogen-bond acceptors (Lipinski definition) is 0. The summed E-state index contributed by atoms with van der Waals surface area (Å²) >= 11 is 5.86. The molecular formula is C10H17Cl. The van der Waals surface area contributed by atoms with Gasteiger partial charge in [-0.25, -0.2) is 0 Å². The van der Waals surface area contributed by atoms with Crippen LogP contribution in [0.15, 0.2) is 0 Å². The fourth-order valence-corrected chi connectivity index (χ4v) is 3.33. The minimum Gasteiger partial charge on any atom is -0.126 e. The van der Waals surface area contributed by atoms with E-state index >= 15 is 0 Å². The summed E-state index contributed by atoms with van der Waals surface area (Å²) < 4.78 is 0. The van der Waals surface area contributed by atoms with Gasteiger partial charge < -0.3 is 0 Å². The van der Waals surface area contributed by atoms with Crippen molar-refractivity contribution in [3.05, 3.63) is 0 Å². The lowest BCUT2D eigenvalue weighted by Crippen LogP contribution is -2.06. The van der Waals surface area contributed by atoms with E-state index in [2.05, 4.69) is 13.8 Å². The van der Waals surface area contributed by atoms with Crippen molar-refractivity contribution in [3.63, 3.8) is 0 Å². The van der Waals surface area contributed by atoms with E-state index in [1.54, 1.807) is 0 Å². The van der Waals surface area contributed by atoms with Crippen molar-refractivity contribution in [2.75, 3.05) is 5.88 Å². The summed E-state index contributed by atoms with van der Waals surface area (Å²) in [7, 11) is 0. The van der Waals surface area contributed by atoms with Gasteiger partial charge in [-0.3, -0.25) is 0 Å². The Kier molecular flexibility index (Phi) is 1.55. The summed E-state index contributed by atoms with van der Waals surface area (Å²) in [6, 6.07) is 0. The number of rotatable bonds is 1. The number of hydrogen-bond donors (Lipinski definition) is 0. The molecule has 0 bridgehead atoms. The summed E-state index contributed by atoms with van der Waals surface area (Å²) in [6.07, 6.45) is 5.70. The molecule has 1 spiro atoms. The summed E-state index contributed by atoms with van der Waals surface area (Å²) in [4.78, 5) is 0. The van der Waals surface area contributed by atoms with E-state index < -0.39 is 0 Å². The van der Waals surface area contributed by atoms with Gasteiger partial charge in [0.2, 0.25) is 0 Å². The van der Waals surface area contributed by atoms with E-state index in [1.807, 2.05) is 0 Å². The van der Waals surface area contributed by atoms with Crippen molar-refractivity contribution < 1.29 is 0 Å². The monoisotopic (exact) mass is 172 g/mol. The molecule has 2 fully saturated rings. The normalized spacial score (nSPS) is 46.6. The molecule has 2 aliphatic rings. The predicted molar refractivity (Wildman–Crippen MR) is 48.9 cm³/mol. The summed E-state index contributed by atoms with van der Waals surface area (Å²) in [5, 5.41) is 0. The first-order valence-corrected chi connectivity index (χ1v) is 5.17. The van der Waals surface area contributed by atoms with Crippen LogP contribution in [-0.2, 0) is 0 Å². The molecule has 0 aromatic rings. The average Bonchev–Trinajstić information content (AvgIpc) is 2.49. The van der Waals surface area contributed by atoms with Crippen LogP contribution >= 0.6 is 11.6 Å². The third-order valence-electron chi connectivity index (χ3n) is 3.68. The molecule has 0 nitrogen and oxygen atoms in total. The Labute approximate surface area is 74.3 Å². The second-order valence-electron chi connectivity index (χ2n) is 5.26. The van der Waals surface area contributed by atoms with Crippen LogP contribution in [0.4, 0.5) is 0 Å². The first kappa shape index (κ1) is 7.91. The number of halogens is 1. The Morgan fingerprint density at radius 2 is 2.09 bits per heavy atom. The van der Waals surface area contributed by atoms with E-state index in [1.165, 1.54) is 25.7 Å². The molecular weight excluding hydrogens is 156 g/mol. The minimum atomic E-state index is 0.612. The molecule has 0 saturated heterocycles. The van der Waals surface area contributed by atoms with Gasteiger partial charge >= 0.3 is 0 Å². The molecule has 0 aromatic heterocycles. The zero-order valence-corrected chi connectivity index (χ0v) is 8.25. The van der Waals surface area contributed by atoms with E-state index in [0.29, 0.717) is 10.8 Å². The lowest BCUT2D eigenvalue weighted by atomic mass is 9.89. The van der Waals surface area contributed by atoms with Crippen molar-refractivity contribution in [1.29, 1.82) is 0 Å². The molecule has 1 heteroatoms. The summed E-state index contributed by atoms with van der Waals surface area (Å²) in [5.74, 6) is 1.77. The van der Waals surface area contributed by atoms with Crippen LogP contribution in [0.25, 0.3) is 0 Å². The Bertz CT molecular complexity index is 174. The zero-order valence-electron chi connectivity index (χ0n) is 7.49. The Morgan fingerprint density at radius 3 is 2.45 bits per heavy atom. The molecule has 0 N–H and O–H groups in total. The second kappa shape index (κ2) is 2.16. The van der Waals surface area contributed by atoms with Crippen LogP contribution in [0.2, 0.25) is 0 Å². The number of alkyl halides is 1. The molecule has 2 aliphatic carbocycles.